The van der Waals surface area contributed by atoms with E-state index < -0.39 is 11.9 Å². The predicted molar refractivity (Wildman–Crippen MR) is 62.6 cm³/mol. The van der Waals surface area contributed by atoms with E-state index in [4.69, 9.17) is 9.84 Å². The highest BCUT2D eigenvalue weighted by Gasteiger charge is 2.50. The Labute approximate surface area is 102 Å². The van der Waals surface area contributed by atoms with E-state index in [0.29, 0.717) is 19.6 Å². The SMILES string of the molecule is CCC(C)N(CCOC)C(=O)C1CC1C(=O)O. The Morgan fingerprint density at radius 2 is 2.12 bits per heavy atom. The maximum Gasteiger partial charge on any atom is 0.307 e. The first-order valence-electron chi connectivity index (χ1n) is 6.05. The molecule has 0 aromatic rings. The third-order valence-corrected chi connectivity index (χ3v) is 3.37. The number of rotatable bonds is 7. The Morgan fingerprint density at radius 3 is 2.53 bits per heavy atom. The van der Waals surface area contributed by atoms with Crippen molar-refractivity contribution < 1.29 is 19.4 Å². The van der Waals surface area contributed by atoms with Crippen molar-refractivity contribution in [2.24, 2.45) is 11.8 Å². The number of carboxylic acids is 1. The van der Waals surface area contributed by atoms with E-state index >= 15 is 0 Å². The molecule has 3 unspecified atom stereocenters. The number of amides is 1. The lowest BCUT2D eigenvalue weighted by atomic mass is 10.2. The summed E-state index contributed by atoms with van der Waals surface area (Å²) in [5.74, 6) is -1.70. The Bertz CT molecular complexity index is 292. The van der Waals surface area contributed by atoms with Crippen molar-refractivity contribution in [1.29, 1.82) is 0 Å². The standard InChI is InChI=1S/C12H21NO4/c1-4-8(2)13(5-6-17-3)11(14)9-7-10(9)12(15)16/h8-10H,4-7H2,1-3H3,(H,15,16). The van der Waals surface area contributed by atoms with Crippen molar-refractivity contribution >= 4 is 11.9 Å². The van der Waals surface area contributed by atoms with Crippen LogP contribution in [0.15, 0.2) is 0 Å². The van der Waals surface area contributed by atoms with E-state index in [-0.39, 0.29) is 17.9 Å². The van der Waals surface area contributed by atoms with Gasteiger partial charge in [-0.1, -0.05) is 6.92 Å². The van der Waals surface area contributed by atoms with E-state index in [0.717, 1.165) is 6.42 Å². The molecule has 1 N–H and O–H groups in total. The number of hydrogen-bond donors (Lipinski definition) is 1. The molecule has 0 heterocycles. The maximum absolute atomic E-state index is 12.1. The van der Waals surface area contributed by atoms with Crippen LogP contribution in [0.1, 0.15) is 26.7 Å². The summed E-state index contributed by atoms with van der Waals surface area (Å²) in [5.41, 5.74) is 0. The minimum atomic E-state index is -0.862. The van der Waals surface area contributed by atoms with Gasteiger partial charge in [-0.25, -0.2) is 0 Å². The summed E-state index contributed by atoms with van der Waals surface area (Å²) in [6.07, 6.45) is 1.34. The largest absolute Gasteiger partial charge is 0.481 e. The van der Waals surface area contributed by atoms with Gasteiger partial charge in [-0.2, -0.15) is 0 Å². The fourth-order valence-corrected chi connectivity index (χ4v) is 1.91. The number of hydrogen-bond acceptors (Lipinski definition) is 3. The van der Waals surface area contributed by atoms with Gasteiger partial charge in [-0.05, 0) is 19.8 Å². The monoisotopic (exact) mass is 243 g/mol. The van der Waals surface area contributed by atoms with Gasteiger partial charge in [0.2, 0.25) is 5.91 Å². The fourth-order valence-electron chi connectivity index (χ4n) is 1.91. The third-order valence-electron chi connectivity index (χ3n) is 3.37. The van der Waals surface area contributed by atoms with Gasteiger partial charge in [-0.15, -0.1) is 0 Å². The molecular formula is C12H21NO4. The zero-order valence-electron chi connectivity index (χ0n) is 10.7. The molecule has 5 heteroatoms. The second-order valence-corrected chi connectivity index (χ2v) is 4.57. The van der Waals surface area contributed by atoms with Crippen LogP contribution in [0.25, 0.3) is 0 Å². The number of carbonyl (C=O) groups excluding carboxylic acids is 1. The van der Waals surface area contributed by atoms with E-state index in [9.17, 15) is 9.59 Å². The molecule has 3 atom stereocenters. The minimum absolute atomic E-state index is 0.0381. The summed E-state index contributed by atoms with van der Waals surface area (Å²) in [5, 5.41) is 8.83. The number of aliphatic carboxylic acids is 1. The molecule has 17 heavy (non-hydrogen) atoms. The Kier molecular flexibility index (Phi) is 4.93. The molecule has 0 saturated heterocycles. The lowest BCUT2D eigenvalue weighted by Gasteiger charge is -2.28. The van der Waals surface area contributed by atoms with Gasteiger partial charge < -0.3 is 14.7 Å². The molecule has 1 rings (SSSR count). The average molecular weight is 243 g/mol. The van der Waals surface area contributed by atoms with E-state index in [2.05, 4.69) is 0 Å². The highest BCUT2D eigenvalue weighted by molar-refractivity contribution is 5.89. The normalized spacial score (nSPS) is 24.2. The number of carbonyl (C=O) groups is 2. The first-order chi connectivity index (χ1) is 8.02. The van der Waals surface area contributed by atoms with Crippen LogP contribution < -0.4 is 0 Å². The molecule has 1 aliphatic rings. The van der Waals surface area contributed by atoms with Crippen LogP contribution in [0.4, 0.5) is 0 Å². The summed E-state index contributed by atoms with van der Waals surface area (Å²) >= 11 is 0. The fraction of sp³-hybridized carbons (Fsp3) is 0.833. The van der Waals surface area contributed by atoms with Crippen LogP contribution in [0.5, 0.6) is 0 Å². The van der Waals surface area contributed by atoms with Crippen molar-refractivity contribution in [2.75, 3.05) is 20.3 Å². The van der Waals surface area contributed by atoms with Crippen LogP contribution in [0.3, 0.4) is 0 Å². The average Bonchev–Trinajstić information content (AvgIpc) is 3.08. The van der Waals surface area contributed by atoms with Gasteiger partial charge in [0.25, 0.3) is 0 Å². The highest BCUT2D eigenvalue weighted by atomic mass is 16.5. The quantitative estimate of drug-likeness (QED) is 0.724. The van der Waals surface area contributed by atoms with Crippen LogP contribution in [-0.2, 0) is 14.3 Å². The molecular weight excluding hydrogens is 222 g/mol. The van der Waals surface area contributed by atoms with Crippen molar-refractivity contribution in [3.63, 3.8) is 0 Å². The number of carboxylic acid groups (broad SMARTS) is 1. The van der Waals surface area contributed by atoms with E-state index in [1.165, 1.54) is 0 Å². The Hall–Kier alpha value is -1.10. The van der Waals surface area contributed by atoms with Crippen molar-refractivity contribution in [3.8, 4) is 0 Å². The molecule has 1 saturated carbocycles. The molecule has 98 valence electrons. The summed E-state index contributed by atoms with van der Waals surface area (Å²) in [4.78, 5) is 24.6. The molecule has 0 aromatic heterocycles. The van der Waals surface area contributed by atoms with Gasteiger partial charge in [0.05, 0.1) is 18.4 Å². The first kappa shape index (κ1) is 14.0. The van der Waals surface area contributed by atoms with Crippen LogP contribution in [0, 0.1) is 11.8 Å². The second kappa shape index (κ2) is 6.00. The van der Waals surface area contributed by atoms with Crippen LogP contribution >= 0.6 is 0 Å². The second-order valence-electron chi connectivity index (χ2n) is 4.57. The van der Waals surface area contributed by atoms with Gasteiger partial charge in [0.15, 0.2) is 0 Å². The van der Waals surface area contributed by atoms with E-state index in [1.54, 1.807) is 12.0 Å². The maximum atomic E-state index is 12.1. The van der Waals surface area contributed by atoms with Crippen molar-refractivity contribution in [1.82, 2.24) is 4.90 Å². The van der Waals surface area contributed by atoms with Crippen LogP contribution in [-0.4, -0.2) is 48.2 Å². The van der Waals surface area contributed by atoms with Crippen LogP contribution in [0.2, 0.25) is 0 Å². The third kappa shape index (κ3) is 3.43. The smallest absolute Gasteiger partial charge is 0.307 e. The molecule has 1 amide bonds. The Morgan fingerprint density at radius 1 is 1.47 bits per heavy atom. The number of methoxy groups -OCH3 is 1. The van der Waals surface area contributed by atoms with Gasteiger partial charge in [-0.3, -0.25) is 9.59 Å². The highest BCUT2D eigenvalue weighted by Crippen LogP contribution is 2.40. The molecule has 1 fully saturated rings. The van der Waals surface area contributed by atoms with Gasteiger partial charge in [0.1, 0.15) is 0 Å². The number of nitrogens with zero attached hydrogens (tertiary/aromatic N) is 1. The van der Waals surface area contributed by atoms with Crippen molar-refractivity contribution in [2.45, 2.75) is 32.7 Å². The number of ether oxygens (including phenoxy) is 1. The van der Waals surface area contributed by atoms with E-state index in [1.807, 2.05) is 13.8 Å². The lowest BCUT2D eigenvalue weighted by Crippen LogP contribution is -2.41. The zero-order chi connectivity index (χ0) is 13.0. The topological polar surface area (TPSA) is 66.8 Å². The summed E-state index contributed by atoms with van der Waals surface area (Å²) < 4.78 is 4.98. The minimum Gasteiger partial charge on any atom is -0.481 e. The Balaban J connectivity index is 2.58. The van der Waals surface area contributed by atoms with Crippen molar-refractivity contribution in [3.05, 3.63) is 0 Å². The lowest BCUT2D eigenvalue weighted by molar-refractivity contribution is -0.142. The van der Waals surface area contributed by atoms with Gasteiger partial charge in [0, 0.05) is 19.7 Å². The summed E-state index contributed by atoms with van der Waals surface area (Å²) in [7, 11) is 1.59. The molecule has 0 radical (unpaired) electrons. The zero-order valence-corrected chi connectivity index (χ0v) is 10.7. The molecule has 0 bridgehead atoms. The molecule has 0 aliphatic heterocycles. The van der Waals surface area contributed by atoms with Gasteiger partial charge >= 0.3 is 5.97 Å². The molecule has 5 nitrogen and oxygen atoms in total. The molecule has 0 aromatic carbocycles. The summed E-state index contributed by atoms with van der Waals surface area (Å²) in [6, 6.07) is 0.132. The first-order valence-corrected chi connectivity index (χ1v) is 6.05. The summed E-state index contributed by atoms with van der Waals surface area (Å²) in [6.45, 7) is 5.01. The predicted octanol–water partition coefficient (Wildman–Crippen LogP) is 0.981. The molecule has 0 spiro atoms. The molecule has 1 aliphatic carbocycles.